The molecule has 0 amide bonds. The second-order valence-corrected chi connectivity index (χ2v) is 4.13. The topological polar surface area (TPSA) is 49.8 Å². The highest BCUT2D eigenvalue weighted by Crippen LogP contribution is 2.15. The summed E-state index contributed by atoms with van der Waals surface area (Å²) in [6, 6.07) is 6.18. The van der Waals surface area contributed by atoms with Crippen molar-refractivity contribution in [3.05, 3.63) is 30.1 Å². The predicted octanol–water partition coefficient (Wildman–Crippen LogP) is 2.53. The van der Waals surface area contributed by atoms with Crippen molar-refractivity contribution in [3.8, 4) is 0 Å². The van der Waals surface area contributed by atoms with Gasteiger partial charge >= 0.3 is 5.97 Å². The number of aliphatic carboxylic acids is 1. The molecule has 1 N–H and O–H groups in total. The van der Waals surface area contributed by atoms with Crippen LogP contribution in [-0.2, 0) is 9.53 Å². The highest BCUT2D eigenvalue weighted by molar-refractivity contribution is 5.72. The summed E-state index contributed by atoms with van der Waals surface area (Å²) in [5.74, 6) is -1.23. The highest BCUT2D eigenvalue weighted by atomic mass is 19.1. The molecule has 0 aliphatic carbocycles. The number of rotatable bonds is 8. The summed E-state index contributed by atoms with van der Waals surface area (Å²) >= 11 is 0. The Balaban J connectivity index is 2.61. The van der Waals surface area contributed by atoms with Crippen LogP contribution in [0.4, 0.5) is 10.1 Å². The van der Waals surface area contributed by atoms with Gasteiger partial charge in [-0.2, -0.15) is 0 Å². The maximum absolute atomic E-state index is 12.9. The molecule has 1 aromatic carbocycles. The number of anilines is 1. The summed E-state index contributed by atoms with van der Waals surface area (Å²) in [5, 5.41) is 9.00. The average Bonchev–Trinajstić information content (AvgIpc) is 2.39. The van der Waals surface area contributed by atoms with Gasteiger partial charge in [-0.1, -0.05) is 0 Å². The Morgan fingerprint density at radius 2 is 2.00 bits per heavy atom. The Bertz CT molecular complexity index is 394. The minimum Gasteiger partial charge on any atom is -0.479 e. The van der Waals surface area contributed by atoms with Gasteiger partial charge in [0, 0.05) is 31.8 Å². The molecule has 0 aliphatic heterocycles. The highest BCUT2D eigenvalue weighted by Gasteiger charge is 2.18. The van der Waals surface area contributed by atoms with Crippen molar-refractivity contribution in [3.63, 3.8) is 0 Å². The summed E-state index contributed by atoms with van der Waals surface area (Å²) in [6.07, 6.45) is -0.395. The van der Waals surface area contributed by atoms with E-state index >= 15 is 0 Å². The van der Waals surface area contributed by atoms with E-state index in [1.54, 1.807) is 19.1 Å². The van der Waals surface area contributed by atoms with Gasteiger partial charge < -0.3 is 14.7 Å². The van der Waals surface area contributed by atoms with Crippen molar-refractivity contribution in [1.29, 1.82) is 0 Å². The molecule has 0 fully saturated rings. The van der Waals surface area contributed by atoms with Crippen molar-refractivity contribution in [1.82, 2.24) is 0 Å². The van der Waals surface area contributed by atoms with Gasteiger partial charge in [-0.25, -0.2) is 9.18 Å². The zero-order valence-electron chi connectivity index (χ0n) is 11.3. The number of halogens is 1. The smallest absolute Gasteiger partial charge is 0.332 e. The lowest BCUT2D eigenvalue weighted by Crippen LogP contribution is -2.32. The van der Waals surface area contributed by atoms with Crippen LogP contribution >= 0.6 is 0 Å². The summed E-state index contributed by atoms with van der Waals surface area (Å²) < 4.78 is 18.0. The largest absolute Gasteiger partial charge is 0.479 e. The van der Waals surface area contributed by atoms with E-state index in [0.29, 0.717) is 19.6 Å². The van der Waals surface area contributed by atoms with Crippen molar-refractivity contribution in [2.75, 3.05) is 24.6 Å². The Morgan fingerprint density at radius 3 is 2.47 bits per heavy atom. The van der Waals surface area contributed by atoms with E-state index in [1.807, 2.05) is 11.8 Å². The minimum atomic E-state index is -0.947. The molecule has 0 saturated heterocycles. The van der Waals surface area contributed by atoms with Gasteiger partial charge in [-0.05, 0) is 38.1 Å². The van der Waals surface area contributed by atoms with E-state index in [2.05, 4.69) is 0 Å². The maximum Gasteiger partial charge on any atom is 0.332 e. The molecule has 4 nitrogen and oxygen atoms in total. The zero-order valence-corrected chi connectivity index (χ0v) is 11.3. The van der Waals surface area contributed by atoms with E-state index in [-0.39, 0.29) is 5.82 Å². The molecule has 0 saturated carbocycles. The lowest BCUT2D eigenvalue weighted by molar-refractivity contribution is -0.150. The fourth-order valence-electron chi connectivity index (χ4n) is 1.87. The van der Waals surface area contributed by atoms with E-state index < -0.39 is 12.1 Å². The Hall–Kier alpha value is -1.62. The van der Waals surface area contributed by atoms with Gasteiger partial charge in [-0.15, -0.1) is 0 Å². The SMILES string of the molecule is CCOC(CCN(CC)c1ccc(F)cc1)C(=O)O. The van der Waals surface area contributed by atoms with Crippen LogP contribution in [-0.4, -0.2) is 36.9 Å². The Labute approximate surface area is 112 Å². The van der Waals surface area contributed by atoms with E-state index in [9.17, 15) is 9.18 Å². The molecular formula is C14H20FNO3. The third-order valence-electron chi connectivity index (χ3n) is 2.88. The minimum absolute atomic E-state index is 0.280. The average molecular weight is 269 g/mol. The molecule has 106 valence electrons. The predicted molar refractivity (Wildman–Crippen MR) is 72.0 cm³/mol. The normalized spacial score (nSPS) is 12.2. The molecule has 0 bridgehead atoms. The zero-order chi connectivity index (χ0) is 14.3. The first-order valence-corrected chi connectivity index (χ1v) is 6.43. The van der Waals surface area contributed by atoms with Crippen LogP contribution in [0.1, 0.15) is 20.3 Å². The van der Waals surface area contributed by atoms with E-state index in [0.717, 1.165) is 12.2 Å². The van der Waals surface area contributed by atoms with Gasteiger partial charge in [-0.3, -0.25) is 0 Å². The molecule has 1 atom stereocenters. The molecule has 1 unspecified atom stereocenters. The van der Waals surface area contributed by atoms with Gasteiger partial charge in [0.05, 0.1) is 0 Å². The van der Waals surface area contributed by atoms with Crippen LogP contribution in [0.25, 0.3) is 0 Å². The Morgan fingerprint density at radius 1 is 1.37 bits per heavy atom. The quantitative estimate of drug-likeness (QED) is 0.788. The summed E-state index contributed by atoms with van der Waals surface area (Å²) in [6.45, 7) is 5.40. The number of carboxylic acid groups (broad SMARTS) is 1. The monoisotopic (exact) mass is 269 g/mol. The van der Waals surface area contributed by atoms with Crippen LogP contribution in [0.2, 0.25) is 0 Å². The standard InChI is InChI=1S/C14H20FNO3/c1-3-16(12-7-5-11(15)6-8-12)10-9-13(14(17)18)19-4-2/h5-8,13H,3-4,9-10H2,1-2H3,(H,17,18). The van der Waals surface area contributed by atoms with Crippen molar-refractivity contribution in [2.45, 2.75) is 26.4 Å². The fraction of sp³-hybridized carbons (Fsp3) is 0.500. The van der Waals surface area contributed by atoms with Crippen molar-refractivity contribution in [2.24, 2.45) is 0 Å². The number of ether oxygens (including phenoxy) is 1. The van der Waals surface area contributed by atoms with Gasteiger partial charge in [0.15, 0.2) is 6.10 Å². The third kappa shape index (κ3) is 4.87. The number of carbonyl (C=O) groups is 1. The first-order chi connectivity index (χ1) is 9.08. The van der Waals surface area contributed by atoms with Gasteiger partial charge in [0.2, 0.25) is 0 Å². The van der Waals surface area contributed by atoms with Crippen LogP contribution in [0.15, 0.2) is 24.3 Å². The number of carboxylic acids is 1. The molecule has 0 heterocycles. The second-order valence-electron chi connectivity index (χ2n) is 4.13. The summed E-state index contributed by atoms with van der Waals surface area (Å²) in [4.78, 5) is 13.0. The molecule has 5 heteroatoms. The number of hydrogen-bond donors (Lipinski definition) is 1. The van der Waals surface area contributed by atoms with Crippen LogP contribution in [0.3, 0.4) is 0 Å². The first-order valence-electron chi connectivity index (χ1n) is 6.43. The summed E-state index contributed by atoms with van der Waals surface area (Å²) in [5.41, 5.74) is 0.879. The van der Waals surface area contributed by atoms with E-state index in [4.69, 9.17) is 9.84 Å². The van der Waals surface area contributed by atoms with Crippen LogP contribution < -0.4 is 4.90 Å². The lowest BCUT2D eigenvalue weighted by atomic mass is 10.2. The molecular weight excluding hydrogens is 249 g/mol. The molecule has 1 aromatic rings. The fourth-order valence-corrected chi connectivity index (χ4v) is 1.87. The van der Waals surface area contributed by atoms with Crippen LogP contribution in [0, 0.1) is 5.82 Å². The number of nitrogens with zero attached hydrogens (tertiary/aromatic N) is 1. The molecule has 0 aromatic heterocycles. The Kier molecular flexibility index (Phi) is 6.29. The molecule has 1 rings (SSSR count). The van der Waals surface area contributed by atoms with Gasteiger partial charge in [0.25, 0.3) is 0 Å². The number of hydrogen-bond acceptors (Lipinski definition) is 3. The molecule has 0 radical (unpaired) electrons. The second kappa shape index (κ2) is 7.74. The van der Waals surface area contributed by atoms with Gasteiger partial charge in [0.1, 0.15) is 5.82 Å². The van der Waals surface area contributed by atoms with Crippen LogP contribution in [0.5, 0.6) is 0 Å². The number of benzene rings is 1. The molecule has 0 spiro atoms. The van der Waals surface area contributed by atoms with E-state index in [1.165, 1.54) is 12.1 Å². The summed E-state index contributed by atoms with van der Waals surface area (Å²) in [7, 11) is 0. The molecule has 19 heavy (non-hydrogen) atoms. The van der Waals surface area contributed by atoms with Crippen molar-refractivity contribution >= 4 is 11.7 Å². The first kappa shape index (κ1) is 15.4. The third-order valence-corrected chi connectivity index (χ3v) is 2.88. The molecule has 0 aliphatic rings. The maximum atomic E-state index is 12.9. The van der Waals surface area contributed by atoms with Crippen molar-refractivity contribution < 1.29 is 19.0 Å². The lowest BCUT2D eigenvalue weighted by Gasteiger charge is -2.24.